The summed E-state index contributed by atoms with van der Waals surface area (Å²) in [6, 6.07) is 0. The second-order valence-electron chi connectivity index (χ2n) is 3.85. The van der Waals surface area contributed by atoms with Gasteiger partial charge in [-0.15, -0.1) is 0 Å². The quantitative estimate of drug-likeness (QED) is 0.524. The highest BCUT2D eigenvalue weighted by Crippen LogP contribution is 2.33. The molecule has 13 heavy (non-hydrogen) atoms. The molecule has 2 N–H and O–H groups in total. The van der Waals surface area contributed by atoms with Gasteiger partial charge in [0, 0.05) is 0 Å². The molecule has 2 aliphatic heterocycles. The van der Waals surface area contributed by atoms with Crippen molar-refractivity contribution in [3.05, 3.63) is 0 Å². The van der Waals surface area contributed by atoms with Crippen LogP contribution in [0, 0.1) is 0 Å². The van der Waals surface area contributed by atoms with E-state index in [4.69, 9.17) is 14.2 Å². The largest absolute Gasteiger partial charge is 0.385 e. The molecule has 0 aliphatic carbocycles. The maximum atomic E-state index is 9.50. The Morgan fingerprint density at radius 3 is 2.62 bits per heavy atom. The molecule has 0 aromatic heterocycles. The summed E-state index contributed by atoms with van der Waals surface area (Å²) in [6.07, 6.45) is -2.97. The van der Waals surface area contributed by atoms with Crippen LogP contribution in [0.5, 0.6) is 0 Å². The molecule has 5 heteroatoms. The van der Waals surface area contributed by atoms with E-state index in [2.05, 4.69) is 0 Å². The minimum absolute atomic E-state index is 0.256. The highest BCUT2D eigenvalue weighted by Gasteiger charge is 2.50. The van der Waals surface area contributed by atoms with E-state index in [9.17, 15) is 10.2 Å². The molecular formula is C8H14O5. The third kappa shape index (κ3) is 1.58. The van der Waals surface area contributed by atoms with Gasteiger partial charge in [-0.3, -0.25) is 0 Å². The zero-order valence-electron chi connectivity index (χ0n) is 7.64. The van der Waals surface area contributed by atoms with Gasteiger partial charge in [0.25, 0.3) is 0 Å². The molecule has 0 spiro atoms. The topological polar surface area (TPSA) is 68.2 Å². The van der Waals surface area contributed by atoms with Crippen LogP contribution in [0.4, 0.5) is 0 Å². The van der Waals surface area contributed by atoms with E-state index < -0.39 is 24.3 Å². The van der Waals surface area contributed by atoms with E-state index in [0.29, 0.717) is 0 Å². The van der Waals surface area contributed by atoms with Gasteiger partial charge in [-0.2, -0.15) is 0 Å². The molecule has 0 saturated carbocycles. The van der Waals surface area contributed by atoms with Crippen LogP contribution in [0.25, 0.3) is 0 Å². The SMILES string of the molecule is CC1(C)O[C@@H]2[C@@H](COC(O)[C@@H]2O)O1. The van der Waals surface area contributed by atoms with Gasteiger partial charge in [0.2, 0.25) is 0 Å². The van der Waals surface area contributed by atoms with Crippen molar-refractivity contribution in [2.45, 2.75) is 44.2 Å². The van der Waals surface area contributed by atoms with Crippen LogP contribution in [-0.2, 0) is 14.2 Å². The summed E-state index contributed by atoms with van der Waals surface area (Å²) in [5.74, 6) is -0.705. The van der Waals surface area contributed by atoms with Gasteiger partial charge in [-0.25, -0.2) is 0 Å². The van der Waals surface area contributed by atoms with E-state index >= 15 is 0 Å². The Morgan fingerprint density at radius 1 is 1.23 bits per heavy atom. The first kappa shape index (κ1) is 9.36. The van der Waals surface area contributed by atoms with Crippen LogP contribution >= 0.6 is 0 Å². The Balaban J connectivity index is 2.11. The molecule has 1 unspecified atom stereocenters. The van der Waals surface area contributed by atoms with Crippen LogP contribution in [-0.4, -0.2) is 47.2 Å². The number of hydrogen-bond donors (Lipinski definition) is 2. The Bertz CT molecular complexity index is 205. The Morgan fingerprint density at radius 2 is 1.92 bits per heavy atom. The van der Waals surface area contributed by atoms with E-state index in [1.54, 1.807) is 13.8 Å². The van der Waals surface area contributed by atoms with Gasteiger partial charge in [-0.05, 0) is 13.8 Å². The first-order valence-electron chi connectivity index (χ1n) is 4.33. The molecule has 0 radical (unpaired) electrons. The zero-order chi connectivity index (χ0) is 9.64. The number of rotatable bonds is 0. The maximum Gasteiger partial charge on any atom is 0.183 e. The molecule has 0 aromatic rings. The lowest BCUT2D eigenvalue weighted by Crippen LogP contribution is -2.51. The molecule has 2 fully saturated rings. The third-order valence-corrected chi connectivity index (χ3v) is 2.28. The molecule has 2 heterocycles. The summed E-state index contributed by atoms with van der Waals surface area (Å²) >= 11 is 0. The first-order valence-corrected chi connectivity index (χ1v) is 4.33. The van der Waals surface area contributed by atoms with Crippen molar-refractivity contribution < 1.29 is 24.4 Å². The molecule has 5 nitrogen and oxygen atoms in total. The first-order chi connectivity index (χ1) is 5.99. The minimum Gasteiger partial charge on any atom is -0.385 e. The number of aliphatic hydroxyl groups excluding tert-OH is 2. The molecule has 2 saturated heterocycles. The Hall–Kier alpha value is -0.200. The predicted molar refractivity (Wildman–Crippen MR) is 41.8 cm³/mol. The molecular weight excluding hydrogens is 176 g/mol. The number of aliphatic hydroxyl groups is 2. The lowest BCUT2D eigenvalue weighted by Gasteiger charge is -2.31. The number of hydrogen-bond acceptors (Lipinski definition) is 5. The monoisotopic (exact) mass is 190 g/mol. The minimum atomic E-state index is -1.17. The fourth-order valence-electron chi connectivity index (χ4n) is 1.74. The summed E-state index contributed by atoms with van der Waals surface area (Å²) in [5, 5.41) is 18.7. The zero-order valence-corrected chi connectivity index (χ0v) is 7.64. The van der Waals surface area contributed by atoms with Crippen LogP contribution < -0.4 is 0 Å². The van der Waals surface area contributed by atoms with Crippen molar-refractivity contribution >= 4 is 0 Å². The molecule has 4 atom stereocenters. The number of ether oxygens (including phenoxy) is 3. The van der Waals surface area contributed by atoms with Gasteiger partial charge in [0.15, 0.2) is 12.1 Å². The second-order valence-corrected chi connectivity index (χ2v) is 3.85. The van der Waals surface area contributed by atoms with Crippen molar-refractivity contribution in [2.24, 2.45) is 0 Å². The van der Waals surface area contributed by atoms with Gasteiger partial charge >= 0.3 is 0 Å². The van der Waals surface area contributed by atoms with Crippen LogP contribution in [0.3, 0.4) is 0 Å². The highest BCUT2D eigenvalue weighted by molar-refractivity contribution is 4.90. The molecule has 0 aromatic carbocycles. The smallest absolute Gasteiger partial charge is 0.183 e. The highest BCUT2D eigenvalue weighted by atomic mass is 16.8. The van der Waals surface area contributed by atoms with Crippen molar-refractivity contribution in [3.8, 4) is 0 Å². The van der Waals surface area contributed by atoms with E-state index in [1.807, 2.05) is 0 Å². The molecule has 76 valence electrons. The predicted octanol–water partition coefficient (Wildman–Crippen LogP) is -0.784. The average Bonchev–Trinajstić information content (AvgIpc) is 2.34. The summed E-state index contributed by atoms with van der Waals surface area (Å²) in [5.41, 5.74) is 0. The lowest BCUT2D eigenvalue weighted by atomic mass is 10.1. The van der Waals surface area contributed by atoms with Crippen molar-refractivity contribution in [3.63, 3.8) is 0 Å². The van der Waals surface area contributed by atoms with Crippen LogP contribution in [0.15, 0.2) is 0 Å². The fourth-order valence-corrected chi connectivity index (χ4v) is 1.74. The van der Waals surface area contributed by atoms with Gasteiger partial charge in [0.1, 0.15) is 18.3 Å². The molecule has 2 rings (SSSR count). The second kappa shape index (κ2) is 2.90. The van der Waals surface area contributed by atoms with Crippen molar-refractivity contribution in [1.29, 1.82) is 0 Å². The maximum absolute atomic E-state index is 9.50. The van der Waals surface area contributed by atoms with Crippen molar-refractivity contribution in [1.82, 2.24) is 0 Å². The third-order valence-electron chi connectivity index (χ3n) is 2.28. The van der Waals surface area contributed by atoms with E-state index in [0.717, 1.165) is 0 Å². The average molecular weight is 190 g/mol. The molecule has 2 aliphatic rings. The fraction of sp³-hybridized carbons (Fsp3) is 1.00. The summed E-state index contributed by atoms with van der Waals surface area (Å²) < 4.78 is 15.8. The standard InChI is InChI=1S/C8H14O5/c1-8(2)12-4-3-11-7(10)5(9)6(4)13-8/h4-7,9-10H,3H2,1-2H3/t4-,5-,6-,7?/m1/s1. The summed E-state index contributed by atoms with van der Waals surface area (Å²) in [7, 11) is 0. The summed E-state index contributed by atoms with van der Waals surface area (Å²) in [4.78, 5) is 0. The van der Waals surface area contributed by atoms with Crippen LogP contribution in [0.2, 0.25) is 0 Å². The Kier molecular flexibility index (Phi) is 2.08. The van der Waals surface area contributed by atoms with Gasteiger partial charge in [-0.1, -0.05) is 0 Å². The number of fused-ring (bicyclic) bond motifs is 1. The van der Waals surface area contributed by atoms with Gasteiger partial charge in [0.05, 0.1) is 6.61 Å². The Labute approximate surface area is 76.2 Å². The normalized spacial score (nSPS) is 48.9. The van der Waals surface area contributed by atoms with Crippen molar-refractivity contribution in [2.75, 3.05) is 6.61 Å². The molecule has 0 amide bonds. The van der Waals surface area contributed by atoms with E-state index in [-0.39, 0.29) is 12.7 Å². The van der Waals surface area contributed by atoms with Crippen LogP contribution in [0.1, 0.15) is 13.8 Å². The summed E-state index contributed by atoms with van der Waals surface area (Å²) in [6.45, 7) is 3.79. The van der Waals surface area contributed by atoms with E-state index in [1.165, 1.54) is 0 Å². The van der Waals surface area contributed by atoms with Gasteiger partial charge < -0.3 is 24.4 Å². The molecule has 0 bridgehead atoms. The lowest BCUT2D eigenvalue weighted by molar-refractivity contribution is -0.230.